The van der Waals surface area contributed by atoms with Gasteiger partial charge in [0.15, 0.2) is 0 Å². The minimum absolute atomic E-state index is 1.11. The molecule has 10 aromatic rings. The summed E-state index contributed by atoms with van der Waals surface area (Å²) in [5, 5.41) is 5.13. The molecule has 0 fully saturated rings. The van der Waals surface area contributed by atoms with E-state index in [9.17, 15) is 0 Å². The summed E-state index contributed by atoms with van der Waals surface area (Å²) in [5.74, 6) is 0. The summed E-state index contributed by atoms with van der Waals surface area (Å²) in [4.78, 5) is 2.45. The van der Waals surface area contributed by atoms with Crippen LogP contribution in [0.25, 0.3) is 75.5 Å². The lowest BCUT2D eigenvalue weighted by atomic mass is 9.93. The lowest BCUT2D eigenvalue weighted by molar-refractivity contribution is 1.30. The number of benzene rings is 9. The number of rotatable bonds is 7. The first-order chi connectivity index (χ1) is 27.2. The van der Waals surface area contributed by atoms with E-state index in [4.69, 9.17) is 0 Å². The smallest absolute Gasteiger partial charge is 0.0546 e. The quantitative estimate of drug-likeness (QED) is 0.159. The first kappa shape index (κ1) is 32.9. The largest absolute Gasteiger partial charge is 0.310 e. The topological polar surface area (TPSA) is 3.24 Å². The molecule has 0 saturated heterocycles. The van der Waals surface area contributed by atoms with E-state index in [-0.39, 0.29) is 0 Å². The summed E-state index contributed by atoms with van der Waals surface area (Å²) in [6.07, 6.45) is 0. The Kier molecular flexibility index (Phi) is 8.32. The zero-order valence-electron chi connectivity index (χ0n) is 30.5. The molecular formula is C53H37NS. The molecule has 260 valence electrons. The number of nitrogens with zero attached hydrogens (tertiary/aromatic N) is 1. The van der Waals surface area contributed by atoms with Gasteiger partial charge in [-0.1, -0.05) is 152 Å². The lowest BCUT2D eigenvalue weighted by Gasteiger charge is -2.29. The van der Waals surface area contributed by atoms with E-state index in [1.807, 2.05) is 11.3 Å². The Balaban J connectivity index is 1.16. The van der Waals surface area contributed by atoms with Crippen molar-refractivity contribution in [2.24, 2.45) is 0 Å². The van der Waals surface area contributed by atoms with Gasteiger partial charge in [-0.05, 0) is 117 Å². The van der Waals surface area contributed by atoms with Gasteiger partial charge < -0.3 is 4.90 Å². The second kappa shape index (κ2) is 13.9. The van der Waals surface area contributed by atoms with Gasteiger partial charge in [-0.15, -0.1) is 11.3 Å². The van der Waals surface area contributed by atoms with Gasteiger partial charge in [-0.2, -0.15) is 0 Å². The van der Waals surface area contributed by atoms with Crippen LogP contribution < -0.4 is 4.90 Å². The van der Waals surface area contributed by atoms with Gasteiger partial charge in [0, 0.05) is 37.1 Å². The van der Waals surface area contributed by atoms with Gasteiger partial charge in [-0.3, -0.25) is 0 Å². The Labute approximate surface area is 326 Å². The predicted molar refractivity (Wildman–Crippen MR) is 238 cm³/mol. The van der Waals surface area contributed by atoms with E-state index >= 15 is 0 Å². The van der Waals surface area contributed by atoms with Gasteiger partial charge in [0.2, 0.25) is 0 Å². The summed E-state index contributed by atoms with van der Waals surface area (Å²) in [6.45, 7) is 2.22. The third-order valence-corrected chi connectivity index (χ3v) is 11.9. The SMILES string of the molecule is Cc1cccc2sc3cc(N(c4ccc(-c5cc(-c6ccccc6)cc(-c6ccccc6)c5)cc4)c4ccc5ccccc5c4-c4ccccc4)ccc3c12. The fourth-order valence-electron chi connectivity index (χ4n) is 8.10. The number of hydrogen-bond acceptors (Lipinski definition) is 2. The van der Waals surface area contributed by atoms with Gasteiger partial charge in [0.1, 0.15) is 0 Å². The number of anilines is 3. The molecule has 55 heavy (non-hydrogen) atoms. The molecule has 0 aliphatic carbocycles. The van der Waals surface area contributed by atoms with Crippen molar-refractivity contribution in [1.82, 2.24) is 0 Å². The Morgan fingerprint density at radius 2 is 0.927 bits per heavy atom. The summed E-state index contributed by atoms with van der Waals surface area (Å²) in [7, 11) is 0. The molecule has 10 rings (SSSR count). The highest BCUT2D eigenvalue weighted by atomic mass is 32.1. The van der Waals surface area contributed by atoms with Crippen molar-refractivity contribution in [3.05, 3.63) is 212 Å². The van der Waals surface area contributed by atoms with E-state index in [1.54, 1.807) is 0 Å². The van der Waals surface area contributed by atoms with Crippen LogP contribution in [0.4, 0.5) is 17.1 Å². The van der Waals surface area contributed by atoms with E-state index in [0.29, 0.717) is 0 Å². The molecule has 0 bridgehead atoms. The van der Waals surface area contributed by atoms with Crippen LogP contribution in [0.2, 0.25) is 0 Å². The van der Waals surface area contributed by atoms with Crippen LogP contribution in [-0.4, -0.2) is 0 Å². The normalized spacial score (nSPS) is 11.4. The second-order valence-electron chi connectivity index (χ2n) is 14.2. The van der Waals surface area contributed by atoms with Crippen molar-refractivity contribution in [2.45, 2.75) is 6.92 Å². The third kappa shape index (κ3) is 6.07. The van der Waals surface area contributed by atoms with E-state index in [2.05, 4.69) is 218 Å². The van der Waals surface area contributed by atoms with Crippen molar-refractivity contribution >= 4 is 59.3 Å². The molecule has 0 aliphatic rings. The Bertz CT molecular complexity index is 2910. The Morgan fingerprint density at radius 3 is 1.58 bits per heavy atom. The molecule has 0 atom stereocenters. The molecule has 1 heterocycles. The van der Waals surface area contributed by atoms with Crippen LogP contribution in [0.1, 0.15) is 5.56 Å². The van der Waals surface area contributed by atoms with Crippen LogP contribution in [0.3, 0.4) is 0 Å². The van der Waals surface area contributed by atoms with Gasteiger partial charge >= 0.3 is 0 Å². The number of hydrogen-bond donors (Lipinski definition) is 0. The first-order valence-corrected chi connectivity index (χ1v) is 19.7. The zero-order chi connectivity index (χ0) is 36.7. The van der Waals surface area contributed by atoms with Gasteiger partial charge in [-0.25, -0.2) is 0 Å². The minimum atomic E-state index is 1.11. The maximum Gasteiger partial charge on any atom is 0.0546 e. The number of aryl methyl sites for hydroxylation is 1. The number of thiophene rings is 1. The predicted octanol–water partition coefficient (Wildman–Crippen LogP) is 15.7. The van der Waals surface area contributed by atoms with E-state index in [0.717, 1.165) is 17.1 Å². The second-order valence-corrected chi connectivity index (χ2v) is 15.3. The molecule has 0 unspecified atom stereocenters. The molecule has 2 heteroatoms. The van der Waals surface area contributed by atoms with Gasteiger partial charge in [0.25, 0.3) is 0 Å². The summed E-state index contributed by atoms with van der Waals surface area (Å²) < 4.78 is 2.61. The molecule has 0 spiro atoms. The Morgan fingerprint density at radius 1 is 0.364 bits per heavy atom. The van der Waals surface area contributed by atoms with Crippen molar-refractivity contribution < 1.29 is 0 Å². The van der Waals surface area contributed by atoms with Crippen LogP contribution in [0.5, 0.6) is 0 Å². The van der Waals surface area contributed by atoms with Crippen LogP contribution in [0.15, 0.2) is 206 Å². The fraction of sp³-hybridized carbons (Fsp3) is 0.0189. The summed E-state index contributed by atoms with van der Waals surface area (Å²) >= 11 is 1.87. The van der Waals surface area contributed by atoms with Crippen molar-refractivity contribution in [1.29, 1.82) is 0 Å². The molecule has 0 amide bonds. The van der Waals surface area contributed by atoms with Crippen molar-refractivity contribution in [3.8, 4) is 44.5 Å². The molecule has 1 nitrogen and oxygen atoms in total. The van der Waals surface area contributed by atoms with E-state index < -0.39 is 0 Å². The van der Waals surface area contributed by atoms with Crippen LogP contribution in [-0.2, 0) is 0 Å². The maximum absolute atomic E-state index is 2.45. The average molecular weight is 720 g/mol. The lowest BCUT2D eigenvalue weighted by Crippen LogP contribution is -2.11. The average Bonchev–Trinajstić information content (AvgIpc) is 3.64. The van der Waals surface area contributed by atoms with Gasteiger partial charge in [0.05, 0.1) is 5.69 Å². The molecule has 0 radical (unpaired) electrons. The summed E-state index contributed by atoms with van der Waals surface area (Å²) in [6, 6.07) is 75.2. The molecular weight excluding hydrogens is 683 g/mol. The van der Waals surface area contributed by atoms with E-state index in [1.165, 1.54) is 81.0 Å². The molecule has 0 saturated carbocycles. The molecule has 1 aromatic heterocycles. The molecule has 0 aliphatic heterocycles. The highest BCUT2D eigenvalue weighted by Gasteiger charge is 2.21. The third-order valence-electron chi connectivity index (χ3n) is 10.8. The molecule has 9 aromatic carbocycles. The maximum atomic E-state index is 2.45. The highest BCUT2D eigenvalue weighted by molar-refractivity contribution is 7.25. The van der Waals surface area contributed by atoms with Crippen LogP contribution >= 0.6 is 11.3 Å². The Hall–Kier alpha value is -6.74. The summed E-state index contributed by atoms with van der Waals surface area (Å²) in [5.41, 5.74) is 14.3. The highest BCUT2D eigenvalue weighted by Crippen LogP contribution is 2.47. The number of fused-ring (bicyclic) bond motifs is 4. The van der Waals surface area contributed by atoms with Crippen molar-refractivity contribution in [2.75, 3.05) is 4.90 Å². The monoisotopic (exact) mass is 719 g/mol. The first-order valence-electron chi connectivity index (χ1n) is 18.8. The van der Waals surface area contributed by atoms with Crippen LogP contribution in [0, 0.1) is 6.92 Å². The van der Waals surface area contributed by atoms with Crippen molar-refractivity contribution in [3.63, 3.8) is 0 Å². The minimum Gasteiger partial charge on any atom is -0.310 e. The standard InChI is InChI=1S/C53H37NS/c1-36-14-13-23-50-52(36)48-30-29-46(35-51(48)55-50)54(49-31-26-40-19-11-12-22-47(40)53(49)41-20-9-4-10-21-41)45-27-24-39(25-28-45)44-33-42(37-15-5-2-6-16-37)32-43(34-44)38-17-7-3-8-18-38/h2-35H,1H3. The molecule has 0 N–H and O–H groups in total. The fourth-order valence-corrected chi connectivity index (χ4v) is 9.32. The zero-order valence-corrected chi connectivity index (χ0v) is 31.3.